The molecule has 3 heterocycles. The van der Waals surface area contributed by atoms with Gasteiger partial charge in [0.2, 0.25) is 0 Å². The van der Waals surface area contributed by atoms with Gasteiger partial charge in [-0.2, -0.15) is 5.10 Å². The first-order valence-corrected chi connectivity index (χ1v) is 11.5. The number of carbonyl (C=O) groups is 1. The second-order valence-electron chi connectivity index (χ2n) is 7.96. The predicted molar refractivity (Wildman–Crippen MR) is 133 cm³/mol. The Balaban J connectivity index is 1.46. The molecule has 1 fully saturated rings. The van der Waals surface area contributed by atoms with E-state index in [2.05, 4.69) is 9.88 Å². The third-order valence-electron chi connectivity index (χ3n) is 5.93. The molecular weight excluding hydrogens is 450 g/mol. The van der Waals surface area contributed by atoms with Crippen LogP contribution in [-0.2, 0) is 0 Å². The van der Waals surface area contributed by atoms with E-state index in [9.17, 15) is 4.79 Å². The maximum atomic E-state index is 13.7. The Kier molecular flexibility index (Phi) is 6.18. The van der Waals surface area contributed by atoms with Crippen LogP contribution in [0.3, 0.4) is 0 Å². The van der Waals surface area contributed by atoms with E-state index in [1.54, 1.807) is 24.2 Å². The first-order valence-electron chi connectivity index (χ1n) is 11.1. The van der Waals surface area contributed by atoms with Gasteiger partial charge in [0.05, 0.1) is 23.4 Å². The summed E-state index contributed by atoms with van der Waals surface area (Å²) in [7, 11) is 1.62. The Bertz CT molecular complexity index is 1300. The Morgan fingerprint density at radius 1 is 0.941 bits per heavy atom. The minimum Gasteiger partial charge on any atom is -0.496 e. The number of rotatable bonds is 5. The van der Waals surface area contributed by atoms with Crippen molar-refractivity contribution in [2.24, 2.45) is 0 Å². The summed E-state index contributed by atoms with van der Waals surface area (Å²) in [6, 6.07) is 21.0. The number of pyridine rings is 1. The van der Waals surface area contributed by atoms with E-state index in [1.165, 1.54) is 0 Å². The summed E-state index contributed by atoms with van der Waals surface area (Å²) in [5.41, 5.74) is 2.80. The number of carbonyl (C=O) groups excluding carboxylic acids is 1. The monoisotopic (exact) mass is 473 g/mol. The van der Waals surface area contributed by atoms with Gasteiger partial charge in [-0.3, -0.25) is 4.79 Å². The summed E-state index contributed by atoms with van der Waals surface area (Å²) in [5, 5.41) is 5.42. The Morgan fingerprint density at radius 2 is 1.68 bits per heavy atom. The number of halogens is 1. The van der Waals surface area contributed by atoms with Crippen LogP contribution in [-0.4, -0.2) is 58.9 Å². The van der Waals surface area contributed by atoms with Crippen LogP contribution in [0.2, 0.25) is 5.02 Å². The number of para-hydroxylation sites is 2. The highest BCUT2D eigenvalue weighted by molar-refractivity contribution is 6.32. The molecule has 0 saturated carbocycles. The number of amides is 1. The second-order valence-corrected chi connectivity index (χ2v) is 8.37. The van der Waals surface area contributed by atoms with E-state index in [0.717, 1.165) is 17.1 Å². The Morgan fingerprint density at radius 3 is 2.41 bits per heavy atom. The number of hydrogen-bond acceptors (Lipinski definition) is 5. The minimum atomic E-state index is -0.0603. The lowest BCUT2D eigenvalue weighted by atomic mass is 10.1. The zero-order valence-electron chi connectivity index (χ0n) is 18.8. The van der Waals surface area contributed by atoms with Crippen molar-refractivity contribution in [1.29, 1.82) is 0 Å². The molecule has 1 saturated heterocycles. The molecule has 5 rings (SSSR count). The summed E-state index contributed by atoms with van der Waals surface area (Å²) in [5.74, 6) is 1.36. The molecule has 1 aliphatic rings. The molecule has 0 N–H and O–H groups in total. The van der Waals surface area contributed by atoms with Crippen LogP contribution in [0.5, 0.6) is 5.75 Å². The Hall–Kier alpha value is -3.84. The van der Waals surface area contributed by atoms with E-state index in [4.69, 9.17) is 21.4 Å². The van der Waals surface area contributed by atoms with Gasteiger partial charge in [-0.25, -0.2) is 9.67 Å². The standard InChI is InChI=1S/C26H24ClN5O2/c1-34-23-12-6-5-10-20(23)24-21(18-32(29-24)19-8-3-2-4-9-19)26(33)31-16-14-30(15-17-31)25-22(27)11-7-13-28-25/h2-13,18H,14-17H2,1H3. The van der Waals surface area contributed by atoms with E-state index in [0.29, 0.717) is 48.2 Å². The minimum absolute atomic E-state index is 0.0603. The SMILES string of the molecule is COc1ccccc1-c1nn(-c2ccccc2)cc1C(=O)N1CCN(c2ncccc2Cl)CC1. The van der Waals surface area contributed by atoms with Crippen molar-refractivity contribution in [2.45, 2.75) is 0 Å². The molecule has 0 bridgehead atoms. The van der Waals surface area contributed by atoms with Crippen molar-refractivity contribution in [1.82, 2.24) is 19.7 Å². The smallest absolute Gasteiger partial charge is 0.257 e. The summed E-state index contributed by atoms with van der Waals surface area (Å²) < 4.78 is 7.32. The number of hydrogen-bond donors (Lipinski definition) is 0. The van der Waals surface area contributed by atoms with Crippen LogP contribution >= 0.6 is 11.6 Å². The summed E-state index contributed by atoms with van der Waals surface area (Å²) >= 11 is 6.32. The molecule has 172 valence electrons. The van der Waals surface area contributed by atoms with Crippen LogP contribution in [0, 0.1) is 0 Å². The topological polar surface area (TPSA) is 63.5 Å². The molecule has 1 amide bonds. The highest BCUT2D eigenvalue weighted by Gasteiger charge is 2.28. The van der Waals surface area contributed by atoms with Crippen LogP contribution in [0.25, 0.3) is 16.9 Å². The first-order chi connectivity index (χ1) is 16.7. The van der Waals surface area contributed by atoms with Gasteiger partial charge in [0.15, 0.2) is 0 Å². The molecule has 7 nitrogen and oxygen atoms in total. The largest absolute Gasteiger partial charge is 0.496 e. The lowest BCUT2D eigenvalue weighted by molar-refractivity contribution is 0.0747. The first kappa shape index (κ1) is 22.0. The molecule has 1 aliphatic heterocycles. The fraction of sp³-hybridized carbons (Fsp3) is 0.192. The summed E-state index contributed by atoms with van der Waals surface area (Å²) in [6.07, 6.45) is 3.54. The van der Waals surface area contributed by atoms with Gasteiger partial charge in [0, 0.05) is 44.1 Å². The predicted octanol–water partition coefficient (Wildman–Crippen LogP) is 4.56. The quantitative estimate of drug-likeness (QED) is 0.425. The lowest BCUT2D eigenvalue weighted by Gasteiger charge is -2.35. The van der Waals surface area contributed by atoms with Crippen molar-refractivity contribution < 1.29 is 9.53 Å². The van der Waals surface area contributed by atoms with Crippen molar-refractivity contribution in [3.8, 4) is 22.7 Å². The average molecular weight is 474 g/mol. The molecule has 2 aromatic heterocycles. The maximum Gasteiger partial charge on any atom is 0.257 e. The van der Waals surface area contributed by atoms with Crippen LogP contribution in [0.4, 0.5) is 5.82 Å². The van der Waals surface area contributed by atoms with Gasteiger partial charge in [-0.05, 0) is 36.4 Å². The lowest BCUT2D eigenvalue weighted by Crippen LogP contribution is -2.49. The second kappa shape index (κ2) is 9.57. The zero-order valence-corrected chi connectivity index (χ0v) is 19.5. The summed E-state index contributed by atoms with van der Waals surface area (Å²) in [6.45, 7) is 2.43. The summed E-state index contributed by atoms with van der Waals surface area (Å²) in [4.78, 5) is 22.1. The number of aromatic nitrogens is 3. The third-order valence-corrected chi connectivity index (χ3v) is 6.23. The van der Waals surface area contributed by atoms with Crippen molar-refractivity contribution in [2.75, 3.05) is 38.2 Å². The fourth-order valence-electron chi connectivity index (χ4n) is 4.18. The molecular formula is C26H24ClN5O2. The van der Waals surface area contributed by atoms with Crippen molar-refractivity contribution in [3.05, 3.63) is 89.7 Å². The molecule has 0 aliphatic carbocycles. The van der Waals surface area contributed by atoms with Crippen LogP contribution in [0.15, 0.2) is 79.1 Å². The maximum absolute atomic E-state index is 13.7. The normalized spacial score (nSPS) is 13.7. The molecule has 0 unspecified atom stereocenters. The van der Waals surface area contributed by atoms with E-state index >= 15 is 0 Å². The molecule has 0 spiro atoms. The number of nitrogens with zero attached hydrogens (tertiary/aromatic N) is 5. The van der Waals surface area contributed by atoms with Gasteiger partial charge in [-0.1, -0.05) is 41.9 Å². The number of piperazine rings is 1. The van der Waals surface area contributed by atoms with Gasteiger partial charge in [0.25, 0.3) is 5.91 Å². The van der Waals surface area contributed by atoms with Crippen LogP contribution < -0.4 is 9.64 Å². The number of anilines is 1. The van der Waals surface area contributed by atoms with Crippen LogP contribution in [0.1, 0.15) is 10.4 Å². The molecule has 34 heavy (non-hydrogen) atoms. The average Bonchev–Trinajstić information content (AvgIpc) is 3.34. The van der Waals surface area contributed by atoms with Gasteiger partial charge < -0.3 is 14.5 Å². The highest BCUT2D eigenvalue weighted by atomic mass is 35.5. The zero-order chi connectivity index (χ0) is 23.5. The van der Waals surface area contributed by atoms with Crippen molar-refractivity contribution in [3.63, 3.8) is 0 Å². The number of methoxy groups -OCH3 is 1. The van der Waals surface area contributed by atoms with Gasteiger partial charge in [0.1, 0.15) is 17.3 Å². The molecule has 4 aromatic rings. The van der Waals surface area contributed by atoms with E-state index < -0.39 is 0 Å². The molecule has 2 aromatic carbocycles. The fourth-order valence-corrected chi connectivity index (χ4v) is 4.43. The van der Waals surface area contributed by atoms with Gasteiger partial charge >= 0.3 is 0 Å². The number of ether oxygens (including phenoxy) is 1. The molecule has 8 heteroatoms. The molecule has 0 atom stereocenters. The molecule has 0 radical (unpaired) electrons. The third kappa shape index (κ3) is 4.22. The Labute approximate surface area is 203 Å². The van der Waals surface area contributed by atoms with E-state index in [-0.39, 0.29) is 5.91 Å². The van der Waals surface area contributed by atoms with Gasteiger partial charge in [-0.15, -0.1) is 0 Å². The van der Waals surface area contributed by atoms with E-state index in [1.807, 2.05) is 71.6 Å². The van der Waals surface area contributed by atoms with Crippen molar-refractivity contribution >= 4 is 23.3 Å². The number of benzene rings is 2. The highest BCUT2D eigenvalue weighted by Crippen LogP contribution is 2.33.